The Morgan fingerprint density at radius 3 is 2.26 bits per heavy atom. The van der Waals surface area contributed by atoms with Gasteiger partial charge in [-0.2, -0.15) is 0 Å². The highest BCUT2D eigenvalue weighted by molar-refractivity contribution is 6.30. The molecule has 2 fully saturated rings. The van der Waals surface area contributed by atoms with Gasteiger partial charge in [0.05, 0.1) is 0 Å². The van der Waals surface area contributed by atoms with Crippen molar-refractivity contribution in [1.29, 1.82) is 0 Å². The molecule has 0 N–H and O–H groups in total. The van der Waals surface area contributed by atoms with Gasteiger partial charge >= 0.3 is 0 Å². The molecule has 138 valence electrons. The van der Waals surface area contributed by atoms with Gasteiger partial charge in [-0.05, 0) is 30.9 Å². The molecule has 0 unspecified atom stereocenters. The van der Waals surface area contributed by atoms with Crippen LogP contribution in [0.1, 0.15) is 12.8 Å². The zero-order chi connectivity index (χ0) is 18.2. The summed E-state index contributed by atoms with van der Waals surface area (Å²) in [6, 6.07) is 16.3. The molecule has 1 aliphatic carbocycles. The van der Waals surface area contributed by atoms with Gasteiger partial charge in [-0.3, -0.25) is 4.90 Å². The third-order valence-corrected chi connectivity index (χ3v) is 5.92. The van der Waals surface area contributed by atoms with Crippen molar-refractivity contribution in [2.75, 3.05) is 37.6 Å². The molecule has 1 saturated carbocycles. The zero-order valence-corrected chi connectivity index (χ0v) is 16.1. The van der Waals surface area contributed by atoms with Crippen molar-refractivity contribution in [2.24, 2.45) is 5.92 Å². The van der Waals surface area contributed by atoms with E-state index in [4.69, 9.17) is 11.6 Å². The maximum absolute atomic E-state index is 6.04. The molecule has 0 atom stereocenters. The van der Waals surface area contributed by atoms with Crippen LogP contribution in [-0.4, -0.2) is 47.8 Å². The first-order chi connectivity index (χ1) is 13.3. The van der Waals surface area contributed by atoms with Crippen LogP contribution in [0.25, 0.3) is 22.0 Å². The molecule has 1 aliphatic heterocycles. The fourth-order valence-corrected chi connectivity index (χ4v) is 4.08. The van der Waals surface area contributed by atoms with Gasteiger partial charge in [-0.25, -0.2) is 0 Å². The zero-order valence-electron chi connectivity index (χ0n) is 15.3. The van der Waals surface area contributed by atoms with Gasteiger partial charge in [-0.15, -0.1) is 10.2 Å². The van der Waals surface area contributed by atoms with Gasteiger partial charge in [0.2, 0.25) is 0 Å². The highest BCUT2D eigenvalue weighted by atomic mass is 35.5. The molecular weight excluding hydrogens is 356 g/mol. The van der Waals surface area contributed by atoms with Crippen molar-refractivity contribution >= 4 is 28.2 Å². The third kappa shape index (κ3) is 3.52. The van der Waals surface area contributed by atoms with Crippen LogP contribution in [0.4, 0.5) is 5.82 Å². The first-order valence-electron chi connectivity index (χ1n) is 9.76. The number of anilines is 1. The Morgan fingerprint density at radius 2 is 1.56 bits per heavy atom. The Balaban J connectivity index is 1.45. The van der Waals surface area contributed by atoms with Crippen LogP contribution in [0.2, 0.25) is 5.02 Å². The topological polar surface area (TPSA) is 32.3 Å². The lowest BCUT2D eigenvalue weighted by Gasteiger charge is -2.35. The summed E-state index contributed by atoms with van der Waals surface area (Å²) in [7, 11) is 0. The number of aromatic nitrogens is 2. The van der Waals surface area contributed by atoms with Crippen LogP contribution in [0.5, 0.6) is 0 Å². The van der Waals surface area contributed by atoms with Crippen LogP contribution in [0, 0.1) is 5.92 Å². The number of benzene rings is 2. The largest absolute Gasteiger partial charge is 0.352 e. The van der Waals surface area contributed by atoms with Crippen molar-refractivity contribution in [2.45, 2.75) is 12.8 Å². The first kappa shape index (κ1) is 17.0. The number of fused-ring (bicyclic) bond motifs is 1. The first-order valence-corrected chi connectivity index (χ1v) is 10.1. The fourth-order valence-electron chi connectivity index (χ4n) is 3.95. The summed E-state index contributed by atoms with van der Waals surface area (Å²) in [6.45, 7) is 5.55. The molecule has 0 spiro atoms. The lowest BCUT2D eigenvalue weighted by Crippen LogP contribution is -2.47. The number of halogens is 1. The Hall–Kier alpha value is -2.17. The summed E-state index contributed by atoms with van der Waals surface area (Å²) in [5.74, 6) is 1.96. The van der Waals surface area contributed by atoms with Crippen LogP contribution in [-0.2, 0) is 0 Å². The van der Waals surface area contributed by atoms with Gasteiger partial charge in [0.1, 0.15) is 5.69 Å². The van der Waals surface area contributed by atoms with Crippen LogP contribution in [0.15, 0.2) is 48.5 Å². The summed E-state index contributed by atoms with van der Waals surface area (Å²) in [5, 5.41) is 12.3. The van der Waals surface area contributed by atoms with Gasteiger partial charge in [0.25, 0.3) is 0 Å². The number of rotatable bonds is 4. The molecule has 27 heavy (non-hydrogen) atoms. The highest BCUT2D eigenvalue weighted by Gasteiger charge is 2.27. The van der Waals surface area contributed by atoms with Gasteiger partial charge in [0, 0.05) is 54.1 Å². The predicted molar refractivity (Wildman–Crippen MR) is 111 cm³/mol. The maximum atomic E-state index is 6.04. The fraction of sp³-hybridized carbons (Fsp3) is 0.364. The Morgan fingerprint density at radius 1 is 0.852 bits per heavy atom. The molecule has 3 aromatic rings. The van der Waals surface area contributed by atoms with E-state index < -0.39 is 0 Å². The smallest absolute Gasteiger partial charge is 0.159 e. The molecule has 0 bridgehead atoms. The summed E-state index contributed by atoms with van der Waals surface area (Å²) < 4.78 is 0. The monoisotopic (exact) mass is 378 g/mol. The lowest BCUT2D eigenvalue weighted by atomic mass is 10.0. The van der Waals surface area contributed by atoms with Crippen molar-refractivity contribution in [3.63, 3.8) is 0 Å². The number of hydrogen-bond acceptors (Lipinski definition) is 4. The van der Waals surface area contributed by atoms with E-state index in [0.29, 0.717) is 0 Å². The second kappa shape index (κ2) is 7.10. The second-order valence-electron chi connectivity index (χ2n) is 7.66. The average molecular weight is 379 g/mol. The molecule has 1 saturated heterocycles. The van der Waals surface area contributed by atoms with E-state index in [2.05, 4.69) is 44.3 Å². The van der Waals surface area contributed by atoms with E-state index in [0.717, 1.165) is 59.6 Å². The van der Waals surface area contributed by atoms with Gasteiger partial charge in [0.15, 0.2) is 5.82 Å². The van der Waals surface area contributed by atoms with Gasteiger partial charge in [-0.1, -0.05) is 48.0 Å². The van der Waals surface area contributed by atoms with E-state index in [-0.39, 0.29) is 0 Å². The van der Waals surface area contributed by atoms with E-state index in [9.17, 15) is 0 Å². The minimum Gasteiger partial charge on any atom is -0.352 e. The lowest BCUT2D eigenvalue weighted by molar-refractivity contribution is 0.247. The summed E-state index contributed by atoms with van der Waals surface area (Å²) in [6.07, 6.45) is 2.84. The molecule has 2 heterocycles. The molecule has 5 heteroatoms. The quantitative estimate of drug-likeness (QED) is 0.670. The predicted octanol–water partition coefficient (Wildman–Crippen LogP) is 4.48. The summed E-state index contributed by atoms with van der Waals surface area (Å²) in [5.41, 5.74) is 1.96. The second-order valence-corrected chi connectivity index (χ2v) is 8.09. The molecule has 2 aromatic carbocycles. The minimum absolute atomic E-state index is 0.733. The van der Waals surface area contributed by atoms with Crippen molar-refractivity contribution in [3.05, 3.63) is 53.6 Å². The highest BCUT2D eigenvalue weighted by Crippen LogP contribution is 2.33. The molecule has 1 aromatic heterocycles. The average Bonchev–Trinajstić information content (AvgIpc) is 3.53. The van der Waals surface area contributed by atoms with Crippen LogP contribution < -0.4 is 4.90 Å². The van der Waals surface area contributed by atoms with E-state index in [1.165, 1.54) is 24.8 Å². The standard InChI is InChI=1S/C22H23ClN4/c23-18-9-7-17(8-10-18)21-19-3-1-2-4-20(19)22(25-24-21)27-13-11-26(12-14-27)15-16-5-6-16/h1-4,7-10,16H,5-6,11-15H2. The number of nitrogens with zero attached hydrogens (tertiary/aromatic N) is 4. The normalized spacial score (nSPS) is 18.2. The molecule has 0 radical (unpaired) electrons. The van der Waals surface area contributed by atoms with E-state index >= 15 is 0 Å². The maximum Gasteiger partial charge on any atom is 0.159 e. The Labute approximate surface area is 164 Å². The molecule has 2 aliphatic rings. The van der Waals surface area contributed by atoms with E-state index in [1.807, 2.05) is 24.3 Å². The number of hydrogen-bond donors (Lipinski definition) is 0. The molecule has 4 nitrogen and oxygen atoms in total. The Kier molecular flexibility index (Phi) is 4.46. The third-order valence-electron chi connectivity index (χ3n) is 5.67. The molecule has 5 rings (SSSR count). The minimum atomic E-state index is 0.733. The number of piperazine rings is 1. The van der Waals surface area contributed by atoms with Crippen molar-refractivity contribution in [3.8, 4) is 11.3 Å². The van der Waals surface area contributed by atoms with E-state index in [1.54, 1.807) is 0 Å². The summed E-state index contributed by atoms with van der Waals surface area (Å²) >= 11 is 6.04. The SMILES string of the molecule is Clc1ccc(-c2nnc(N3CCN(CC4CC4)CC3)c3ccccc23)cc1. The van der Waals surface area contributed by atoms with Crippen molar-refractivity contribution < 1.29 is 0 Å². The van der Waals surface area contributed by atoms with Crippen molar-refractivity contribution in [1.82, 2.24) is 15.1 Å². The van der Waals surface area contributed by atoms with Gasteiger partial charge < -0.3 is 4.90 Å². The van der Waals surface area contributed by atoms with Crippen LogP contribution in [0.3, 0.4) is 0 Å². The molecule has 0 amide bonds. The van der Waals surface area contributed by atoms with Crippen LogP contribution >= 0.6 is 11.6 Å². The summed E-state index contributed by atoms with van der Waals surface area (Å²) in [4.78, 5) is 5.00. The Bertz CT molecular complexity index is 944. The molecular formula is C22H23ClN4.